The van der Waals surface area contributed by atoms with Crippen molar-refractivity contribution < 1.29 is 4.79 Å². The predicted molar refractivity (Wildman–Crippen MR) is 77.7 cm³/mol. The molecule has 1 aromatic heterocycles. The van der Waals surface area contributed by atoms with E-state index >= 15 is 0 Å². The second-order valence-corrected chi connectivity index (χ2v) is 5.27. The average Bonchev–Trinajstić information content (AvgIpc) is 2.88. The van der Waals surface area contributed by atoms with Gasteiger partial charge in [-0.2, -0.15) is 0 Å². The second kappa shape index (κ2) is 5.83. The number of carbonyl (C=O) groups is 1. The summed E-state index contributed by atoms with van der Waals surface area (Å²) in [6.45, 7) is 4.87. The van der Waals surface area contributed by atoms with Crippen molar-refractivity contribution in [2.75, 3.05) is 11.9 Å². The fraction of sp³-hybridized carbons (Fsp3) is 0.267. The minimum atomic E-state index is 0.211. The Hall–Kier alpha value is -1.61. The van der Waals surface area contributed by atoms with Crippen LogP contribution in [0.1, 0.15) is 27.2 Å². The topological polar surface area (TPSA) is 29.1 Å². The zero-order chi connectivity index (χ0) is 13.0. The normalized spacial score (nSPS) is 10.3. The van der Waals surface area contributed by atoms with Crippen molar-refractivity contribution in [3.8, 4) is 0 Å². The first-order valence-electron chi connectivity index (χ1n) is 6.05. The van der Waals surface area contributed by atoms with E-state index in [-0.39, 0.29) is 5.78 Å². The van der Waals surface area contributed by atoms with E-state index in [1.807, 2.05) is 23.6 Å². The number of rotatable bonds is 5. The van der Waals surface area contributed by atoms with Gasteiger partial charge in [-0.05, 0) is 42.5 Å². The van der Waals surface area contributed by atoms with Crippen molar-refractivity contribution in [2.45, 2.75) is 20.3 Å². The van der Waals surface area contributed by atoms with Gasteiger partial charge in [0.15, 0.2) is 5.78 Å². The zero-order valence-corrected chi connectivity index (χ0v) is 11.5. The van der Waals surface area contributed by atoms with Gasteiger partial charge in [-0.1, -0.05) is 18.2 Å². The molecule has 0 bridgehead atoms. The van der Waals surface area contributed by atoms with Gasteiger partial charge in [0.25, 0.3) is 0 Å². The molecule has 0 aliphatic heterocycles. The lowest BCUT2D eigenvalue weighted by Crippen LogP contribution is -2.09. The molecule has 0 amide bonds. The molecule has 2 rings (SSSR count). The van der Waals surface area contributed by atoms with Crippen LogP contribution in [0, 0.1) is 13.8 Å². The van der Waals surface area contributed by atoms with Gasteiger partial charge in [-0.15, -0.1) is 11.3 Å². The van der Waals surface area contributed by atoms with Crippen LogP contribution in [0.3, 0.4) is 0 Å². The fourth-order valence-electron chi connectivity index (χ4n) is 1.81. The van der Waals surface area contributed by atoms with Crippen molar-refractivity contribution in [2.24, 2.45) is 0 Å². The molecule has 0 radical (unpaired) electrons. The molecule has 0 atom stereocenters. The minimum Gasteiger partial charge on any atom is -0.384 e. The van der Waals surface area contributed by atoms with Crippen molar-refractivity contribution in [1.29, 1.82) is 0 Å². The number of carbonyl (C=O) groups excluding carboxylic acids is 1. The van der Waals surface area contributed by atoms with Crippen LogP contribution < -0.4 is 5.32 Å². The molecular formula is C15H17NOS. The molecule has 0 aliphatic rings. The van der Waals surface area contributed by atoms with Crippen LogP contribution in [0.4, 0.5) is 5.69 Å². The number of hydrogen-bond donors (Lipinski definition) is 1. The first-order valence-corrected chi connectivity index (χ1v) is 6.93. The van der Waals surface area contributed by atoms with Crippen molar-refractivity contribution >= 4 is 22.8 Å². The molecule has 0 fully saturated rings. The molecule has 1 N–H and O–H groups in total. The van der Waals surface area contributed by atoms with E-state index in [2.05, 4.69) is 31.3 Å². The quantitative estimate of drug-likeness (QED) is 0.821. The largest absolute Gasteiger partial charge is 0.384 e. The third kappa shape index (κ3) is 2.99. The number of ketones is 1. The number of thiophene rings is 1. The number of nitrogens with one attached hydrogen (secondary N) is 1. The molecule has 0 spiro atoms. The standard InChI is InChI=1S/C15H17NOS/c1-11-5-3-6-13(12(11)2)16-9-8-14(17)15-7-4-10-18-15/h3-7,10,16H,8-9H2,1-2H3. The molecule has 3 heteroatoms. The highest BCUT2D eigenvalue weighted by molar-refractivity contribution is 7.12. The molecule has 2 aromatic rings. The maximum absolute atomic E-state index is 11.8. The smallest absolute Gasteiger partial charge is 0.174 e. The number of hydrogen-bond acceptors (Lipinski definition) is 3. The van der Waals surface area contributed by atoms with E-state index in [0.717, 1.165) is 10.6 Å². The summed E-state index contributed by atoms with van der Waals surface area (Å²) >= 11 is 1.51. The molecule has 1 heterocycles. The van der Waals surface area contributed by atoms with Crippen molar-refractivity contribution in [3.05, 3.63) is 51.7 Å². The third-order valence-electron chi connectivity index (χ3n) is 3.07. The zero-order valence-electron chi connectivity index (χ0n) is 10.7. The summed E-state index contributed by atoms with van der Waals surface area (Å²) in [6, 6.07) is 9.97. The number of aryl methyl sites for hydroxylation is 1. The molecule has 0 saturated heterocycles. The Labute approximate surface area is 112 Å². The van der Waals surface area contributed by atoms with E-state index < -0.39 is 0 Å². The van der Waals surface area contributed by atoms with Crippen LogP contribution >= 0.6 is 11.3 Å². The second-order valence-electron chi connectivity index (χ2n) is 4.32. The van der Waals surface area contributed by atoms with Crippen LogP contribution in [-0.2, 0) is 0 Å². The molecule has 0 saturated carbocycles. The van der Waals surface area contributed by atoms with Crippen LogP contribution in [0.2, 0.25) is 0 Å². The van der Waals surface area contributed by atoms with Gasteiger partial charge in [0, 0.05) is 18.7 Å². The van der Waals surface area contributed by atoms with E-state index in [1.54, 1.807) is 0 Å². The number of benzene rings is 1. The monoisotopic (exact) mass is 259 g/mol. The van der Waals surface area contributed by atoms with E-state index in [9.17, 15) is 4.79 Å². The first kappa shape index (κ1) is 12.8. The summed E-state index contributed by atoms with van der Waals surface area (Å²) in [7, 11) is 0. The Morgan fingerprint density at radius 3 is 2.78 bits per heavy atom. The molecule has 0 unspecified atom stereocenters. The maximum atomic E-state index is 11.8. The average molecular weight is 259 g/mol. The van der Waals surface area contributed by atoms with Gasteiger partial charge in [-0.3, -0.25) is 4.79 Å². The highest BCUT2D eigenvalue weighted by Gasteiger charge is 2.06. The molecule has 0 aliphatic carbocycles. The van der Waals surface area contributed by atoms with Crippen LogP contribution in [0.15, 0.2) is 35.7 Å². The van der Waals surface area contributed by atoms with E-state index in [1.165, 1.54) is 22.5 Å². The molecule has 1 aromatic carbocycles. The van der Waals surface area contributed by atoms with Gasteiger partial charge in [0.05, 0.1) is 4.88 Å². The van der Waals surface area contributed by atoms with Gasteiger partial charge in [-0.25, -0.2) is 0 Å². The maximum Gasteiger partial charge on any atom is 0.174 e. The highest BCUT2D eigenvalue weighted by Crippen LogP contribution is 2.18. The Morgan fingerprint density at radius 2 is 2.06 bits per heavy atom. The predicted octanol–water partition coefficient (Wildman–Crippen LogP) is 4.05. The Morgan fingerprint density at radius 1 is 1.22 bits per heavy atom. The Kier molecular flexibility index (Phi) is 4.15. The van der Waals surface area contributed by atoms with Gasteiger partial charge in [0.2, 0.25) is 0 Å². The van der Waals surface area contributed by atoms with Gasteiger partial charge < -0.3 is 5.32 Å². The lowest BCUT2D eigenvalue weighted by atomic mass is 10.1. The SMILES string of the molecule is Cc1cccc(NCCC(=O)c2cccs2)c1C. The lowest BCUT2D eigenvalue weighted by molar-refractivity contribution is 0.0990. The third-order valence-corrected chi connectivity index (χ3v) is 3.98. The summed E-state index contributed by atoms with van der Waals surface area (Å²) in [5, 5.41) is 5.27. The van der Waals surface area contributed by atoms with Gasteiger partial charge >= 0.3 is 0 Å². The summed E-state index contributed by atoms with van der Waals surface area (Å²) in [5.41, 5.74) is 3.64. The fourth-order valence-corrected chi connectivity index (χ4v) is 2.51. The number of Topliss-reactive ketones (excluding diaryl/α,β-unsaturated/α-hetero) is 1. The molecule has 2 nitrogen and oxygen atoms in total. The summed E-state index contributed by atoms with van der Waals surface area (Å²) in [6.07, 6.45) is 0.536. The van der Waals surface area contributed by atoms with Crippen LogP contribution in [0.5, 0.6) is 0 Å². The lowest BCUT2D eigenvalue weighted by Gasteiger charge is -2.10. The highest BCUT2D eigenvalue weighted by atomic mass is 32.1. The van der Waals surface area contributed by atoms with Crippen molar-refractivity contribution in [3.63, 3.8) is 0 Å². The summed E-state index contributed by atoms with van der Waals surface area (Å²) < 4.78 is 0. The van der Waals surface area contributed by atoms with E-state index in [4.69, 9.17) is 0 Å². The van der Waals surface area contributed by atoms with Crippen molar-refractivity contribution in [1.82, 2.24) is 0 Å². The van der Waals surface area contributed by atoms with Crippen LogP contribution in [-0.4, -0.2) is 12.3 Å². The molecular weight excluding hydrogens is 242 g/mol. The first-order chi connectivity index (χ1) is 8.68. The molecule has 18 heavy (non-hydrogen) atoms. The Balaban J connectivity index is 1.89. The Bertz CT molecular complexity index is 531. The minimum absolute atomic E-state index is 0.211. The van der Waals surface area contributed by atoms with Crippen LogP contribution in [0.25, 0.3) is 0 Å². The van der Waals surface area contributed by atoms with E-state index in [0.29, 0.717) is 13.0 Å². The summed E-state index contributed by atoms with van der Waals surface area (Å²) in [5.74, 6) is 0.211. The summed E-state index contributed by atoms with van der Waals surface area (Å²) in [4.78, 5) is 12.7. The molecule has 94 valence electrons. The van der Waals surface area contributed by atoms with Gasteiger partial charge in [0.1, 0.15) is 0 Å². The number of anilines is 1.